The van der Waals surface area contributed by atoms with E-state index in [4.69, 9.17) is 0 Å². The first-order valence-corrected chi connectivity index (χ1v) is 15.8. The van der Waals surface area contributed by atoms with Crippen molar-refractivity contribution in [2.45, 2.75) is 91.7 Å². The lowest BCUT2D eigenvalue weighted by atomic mass is 9.90. The number of methoxy groups -OCH3 is 1. The van der Waals surface area contributed by atoms with Crippen molar-refractivity contribution in [3.63, 3.8) is 0 Å². The highest BCUT2D eigenvalue weighted by atomic mass is 19.1. The molecule has 0 unspecified atom stereocenters. The lowest BCUT2D eigenvalue weighted by molar-refractivity contribution is 0.0769. The summed E-state index contributed by atoms with van der Waals surface area (Å²) in [5.74, 6) is 1.38. The van der Waals surface area contributed by atoms with Gasteiger partial charge in [0.15, 0.2) is 0 Å². The molecular weight excluding hydrogens is 523 g/mol. The van der Waals surface area contributed by atoms with Gasteiger partial charge in [0.2, 0.25) is 0 Å². The van der Waals surface area contributed by atoms with Crippen LogP contribution < -0.4 is 0 Å². The van der Waals surface area contributed by atoms with Gasteiger partial charge in [0.05, 0.1) is 0 Å². The summed E-state index contributed by atoms with van der Waals surface area (Å²) < 4.78 is 18.6. The molecule has 2 fully saturated rings. The van der Waals surface area contributed by atoms with Gasteiger partial charge in [-0.1, -0.05) is 74.6 Å². The standard InChI is InChI=1S/C25H41FN2.C10H12.C2H6O.H2O/c1-7-21(5)18-24(17-20(3)4)22(6)28-13-9-23(10-14-28)19-27-15-11-25(26,8-2)12-16-27;1-8-5-6-9-3-2-4-10(9)7-8;1-3-2;/h7-8,18,20,23H,1-2,9-17,19H2,3-6H3;5-7H,2-4H2,1H3;1-2H3;1H2/b21-18-,24-22+;;;. The molecule has 3 aliphatic rings. The Morgan fingerprint density at radius 3 is 2.19 bits per heavy atom. The summed E-state index contributed by atoms with van der Waals surface area (Å²) in [7, 11) is 3.25. The molecule has 4 rings (SSSR count). The molecule has 1 aliphatic carbocycles. The fourth-order valence-electron chi connectivity index (χ4n) is 6.12. The topological polar surface area (TPSA) is 47.2 Å². The minimum absolute atomic E-state index is 0. The van der Waals surface area contributed by atoms with Crippen LogP contribution in [0.5, 0.6) is 0 Å². The number of hydrogen-bond donors (Lipinski definition) is 0. The van der Waals surface area contributed by atoms with E-state index in [1.807, 2.05) is 6.08 Å². The van der Waals surface area contributed by atoms with E-state index in [1.54, 1.807) is 25.3 Å². The number of fused-ring (bicyclic) bond motifs is 1. The quantitative estimate of drug-likeness (QED) is 0.229. The molecule has 2 aliphatic heterocycles. The minimum atomic E-state index is -1.13. The Balaban J connectivity index is 0.000000518. The number of nitrogens with zero attached hydrogens (tertiary/aromatic N) is 2. The van der Waals surface area contributed by atoms with Crippen LogP contribution in [0, 0.1) is 18.8 Å². The Hall–Kier alpha value is -2.21. The Morgan fingerprint density at radius 2 is 1.64 bits per heavy atom. The molecule has 1 aromatic carbocycles. The van der Waals surface area contributed by atoms with E-state index in [2.05, 4.69) is 86.6 Å². The van der Waals surface area contributed by atoms with Gasteiger partial charge >= 0.3 is 0 Å². The van der Waals surface area contributed by atoms with Crippen molar-refractivity contribution in [3.8, 4) is 0 Å². The Bertz CT molecular complexity index is 1010. The second-order valence-electron chi connectivity index (χ2n) is 12.8. The molecule has 0 amide bonds. The molecule has 4 nitrogen and oxygen atoms in total. The molecule has 0 bridgehead atoms. The summed E-state index contributed by atoms with van der Waals surface area (Å²) in [6, 6.07) is 6.81. The molecule has 42 heavy (non-hydrogen) atoms. The fraction of sp³-hybridized carbons (Fsp3) is 0.622. The highest BCUT2D eigenvalue weighted by Crippen LogP contribution is 2.30. The summed E-state index contributed by atoms with van der Waals surface area (Å²) in [6.45, 7) is 23.8. The molecule has 2 heterocycles. The maximum Gasteiger partial charge on any atom is 0.131 e. The van der Waals surface area contributed by atoms with Gasteiger partial charge in [-0.25, -0.2) is 4.39 Å². The third-order valence-electron chi connectivity index (χ3n) is 8.73. The summed E-state index contributed by atoms with van der Waals surface area (Å²) in [5, 5.41) is 0. The molecule has 0 saturated carbocycles. The van der Waals surface area contributed by atoms with E-state index in [9.17, 15) is 4.39 Å². The van der Waals surface area contributed by atoms with E-state index in [0.29, 0.717) is 18.8 Å². The molecule has 2 N–H and O–H groups in total. The molecule has 0 radical (unpaired) electrons. The molecule has 1 aromatic rings. The Kier molecular flexibility index (Phi) is 17.2. The zero-order valence-corrected chi connectivity index (χ0v) is 27.9. The molecule has 0 aromatic heterocycles. The van der Waals surface area contributed by atoms with Crippen molar-refractivity contribution in [2.75, 3.05) is 46.9 Å². The summed E-state index contributed by atoms with van der Waals surface area (Å²) >= 11 is 0. The molecule has 238 valence electrons. The monoisotopic (exact) mass is 584 g/mol. The van der Waals surface area contributed by atoms with Crippen LogP contribution in [0.3, 0.4) is 0 Å². The lowest BCUT2D eigenvalue weighted by Gasteiger charge is -2.40. The average Bonchev–Trinajstić information content (AvgIpc) is 3.42. The van der Waals surface area contributed by atoms with Crippen molar-refractivity contribution in [1.29, 1.82) is 0 Å². The van der Waals surface area contributed by atoms with Gasteiger partial charge < -0.3 is 20.0 Å². The van der Waals surface area contributed by atoms with Crippen LogP contribution in [0.15, 0.2) is 66.4 Å². The van der Waals surface area contributed by atoms with Gasteiger partial charge in [-0.05, 0) is 101 Å². The first-order valence-electron chi connectivity index (χ1n) is 15.8. The number of alkyl halides is 1. The van der Waals surface area contributed by atoms with Crippen LogP contribution in [-0.4, -0.2) is 67.9 Å². The smallest absolute Gasteiger partial charge is 0.131 e. The molecule has 0 atom stereocenters. The van der Waals surface area contributed by atoms with E-state index >= 15 is 0 Å². The number of rotatable bonds is 8. The number of aryl methyl sites for hydroxylation is 3. The summed E-state index contributed by atoms with van der Waals surface area (Å²) in [5.41, 5.74) is 7.54. The van der Waals surface area contributed by atoms with Crippen molar-refractivity contribution in [3.05, 3.63) is 83.1 Å². The summed E-state index contributed by atoms with van der Waals surface area (Å²) in [4.78, 5) is 5.03. The van der Waals surface area contributed by atoms with Gasteiger partial charge in [-0.15, -0.1) is 0 Å². The second kappa shape index (κ2) is 19.1. The van der Waals surface area contributed by atoms with Crippen LogP contribution in [0.25, 0.3) is 0 Å². The van der Waals surface area contributed by atoms with Crippen molar-refractivity contribution >= 4 is 0 Å². The average molecular weight is 585 g/mol. The third kappa shape index (κ3) is 12.6. The SMILES string of the molecule is C=C/C(C)=C\C(CC(C)C)=C(/C)N1CCC(CN2CCC(F)(C=C)CC2)CC1.COC.Cc1ccc2c(c1)CCC2.O. The van der Waals surface area contributed by atoms with Crippen molar-refractivity contribution in [1.82, 2.24) is 9.80 Å². The normalized spacial score (nSPS) is 19.4. The van der Waals surface area contributed by atoms with E-state index in [1.165, 1.54) is 60.6 Å². The Morgan fingerprint density at radius 1 is 1.05 bits per heavy atom. The maximum absolute atomic E-state index is 14.3. The third-order valence-corrected chi connectivity index (χ3v) is 8.73. The second-order valence-corrected chi connectivity index (χ2v) is 12.8. The molecule has 5 heteroatoms. The predicted molar refractivity (Wildman–Crippen MR) is 180 cm³/mol. The number of ether oxygens (including phenoxy) is 1. The van der Waals surface area contributed by atoms with Crippen LogP contribution in [0.2, 0.25) is 0 Å². The minimum Gasteiger partial charge on any atom is -0.412 e. The van der Waals surface area contributed by atoms with Gasteiger partial charge in [0.25, 0.3) is 0 Å². The number of halogens is 1. The predicted octanol–water partition coefficient (Wildman–Crippen LogP) is 8.06. The van der Waals surface area contributed by atoms with Crippen LogP contribution in [-0.2, 0) is 17.6 Å². The highest BCUT2D eigenvalue weighted by molar-refractivity contribution is 5.34. The van der Waals surface area contributed by atoms with Crippen molar-refractivity contribution in [2.24, 2.45) is 11.8 Å². The molecular formula is C37H61FN2O2. The number of benzene rings is 1. The first-order chi connectivity index (χ1) is 19.5. The number of allylic oxidation sites excluding steroid dienone is 6. The zero-order chi connectivity index (χ0) is 30.4. The van der Waals surface area contributed by atoms with E-state index < -0.39 is 5.67 Å². The van der Waals surface area contributed by atoms with Gasteiger partial charge in [0, 0.05) is 52.6 Å². The maximum atomic E-state index is 14.3. The van der Waals surface area contributed by atoms with Crippen LogP contribution in [0.4, 0.5) is 4.39 Å². The summed E-state index contributed by atoms with van der Waals surface area (Å²) in [6.07, 6.45) is 14.5. The number of piperidine rings is 2. The number of hydrogen-bond acceptors (Lipinski definition) is 3. The van der Waals surface area contributed by atoms with Crippen LogP contribution in [0.1, 0.15) is 82.9 Å². The van der Waals surface area contributed by atoms with Gasteiger partial charge in [0.1, 0.15) is 5.67 Å². The highest BCUT2D eigenvalue weighted by Gasteiger charge is 2.32. The van der Waals surface area contributed by atoms with E-state index in [-0.39, 0.29) is 5.48 Å². The van der Waals surface area contributed by atoms with Gasteiger partial charge in [-0.2, -0.15) is 0 Å². The lowest BCUT2D eigenvalue weighted by Crippen LogP contribution is -2.44. The van der Waals surface area contributed by atoms with Gasteiger partial charge in [-0.3, -0.25) is 0 Å². The van der Waals surface area contributed by atoms with Crippen molar-refractivity contribution < 1.29 is 14.6 Å². The zero-order valence-electron chi connectivity index (χ0n) is 27.9. The first kappa shape index (κ1) is 37.8. The van der Waals surface area contributed by atoms with Crippen LogP contribution >= 0.6 is 0 Å². The fourth-order valence-corrected chi connectivity index (χ4v) is 6.12. The Labute approximate surface area is 257 Å². The van der Waals surface area contributed by atoms with E-state index in [0.717, 1.165) is 45.1 Å². The molecule has 0 spiro atoms. The molecule has 2 saturated heterocycles. The largest absolute Gasteiger partial charge is 0.412 e. The number of likely N-dealkylation sites (tertiary alicyclic amines) is 2.